The molecule has 1 atom stereocenters. The van der Waals surface area contributed by atoms with Crippen LogP contribution < -0.4 is 9.62 Å². The van der Waals surface area contributed by atoms with Crippen LogP contribution in [0.1, 0.15) is 38.8 Å². The summed E-state index contributed by atoms with van der Waals surface area (Å²) in [7, 11) is -4.13. The zero-order valence-electron chi connectivity index (χ0n) is 23.1. The van der Waals surface area contributed by atoms with Crippen molar-refractivity contribution < 1.29 is 18.0 Å². The Labute approximate surface area is 247 Å². The number of aryl methyl sites for hydroxylation is 1. The van der Waals surface area contributed by atoms with Crippen LogP contribution in [0.2, 0.25) is 10.0 Å². The highest BCUT2D eigenvalue weighted by atomic mass is 35.5. The lowest BCUT2D eigenvalue weighted by atomic mass is 10.1. The first-order valence-corrected chi connectivity index (χ1v) is 15.3. The van der Waals surface area contributed by atoms with Gasteiger partial charge >= 0.3 is 0 Å². The summed E-state index contributed by atoms with van der Waals surface area (Å²) in [6.07, 6.45) is 0.778. The van der Waals surface area contributed by atoms with E-state index in [1.165, 1.54) is 17.0 Å². The Morgan fingerprint density at radius 1 is 0.875 bits per heavy atom. The number of sulfonamides is 1. The molecule has 1 unspecified atom stereocenters. The largest absolute Gasteiger partial charge is 0.354 e. The fraction of sp³-hybridized carbons (Fsp3) is 0.333. The predicted octanol–water partition coefficient (Wildman–Crippen LogP) is 5.94. The molecule has 2 amide bonds. The molecule has 214 valence electrons. The predicted molar refractivity (Wildman–Crippen MR) is 161 cm³/mol. The molecular formula is C30H35Cl2N3O4S. The minimum absolute atomic E-state index is 0.0470. The molecule has 0 radical (unpaired) electrons. The van der Waals surface area contributed by atoms with Crippen molar-refractivity contribution in [2.45, 2.75) is 51.6 Å². The summed E-state index contributed by atoms with van der Waals surface area (Å²) in [6.45, 7) is 7.34. The molecule has 40 heavy (non-hydrogen) atoms. The van der Waals surface area contributed by atoms with Gasteiger partial charge in [0.05, 0.1) is 10.6 Å². The molecule has 0 bridgehead atoms. The third-order valence-corrected chi connectivity index (χ3v) is 8.98. The van der Waals surface area contributed by atoms with Gasteiger partial charge in [-0.15, -0.1) is 0 Å². The molecule has 10 heteroatoms. The van der Waals surface area contributed by atoms with Crippen molar-refractivity contribution >= 4 is 50.7 Å². The van der Waals surface area contributed by atoms with Crippen molar-refractivity contribution in [1.29, 1.82) is 0 Å². The second kappa shape index (κ2) is 14.0. The Morgan fingerprint density at radius 3 is 2.02 bits per heavy atom. The van der Waals surface area contributed by atoms with Crippen molar-refractivity contribution in [2.75, 3.05) is 17.4 Å². The highest BCUT2D eigenvalue weighted by Gasteiger charge is 2.33. The Bertz CT molecular complexity index is 1390. The van der Waals surface area contributed by atoms with Crippen LogP contribution in [0.15, 0.2) is 77.7 Å². The monoisotopic (exact) mass is 603 g/mol. The van der Waals surface area contributed by atoms with Crippen LogP contribution >= 0.6 is 23.2 Å². The number of anilines is 1. The van der Waals surface area contributed by atoms with E-state index in [0.717, 1.165) is 16.3 Å². The molecule has 0 aliphatic rings. The van der Waals surface area contributed by atoms with Crippen LogP contribution in [0, 0.1) is 5.92 Å². The molecule has 7 nitrogen and oxygen atoms in total. The minimum Gasteiger partial charge on any atom is -0.354 e. The van der Waals surface area contributed by atoms with Gasteiger partial charge in [0.2, 0.25) is 11.8 Å². The molecule has 3 aromatic carbocycles. The van der Waals surface area contributed by atoms with Gasteiger partial charge in [-0.1, -0.05) is 80.4 Å². The van der Waals surface area contributed by atoms with Crippen LogP contribution in [0.25, 0.3) is 0 Å². The summed E-state index contributed by atoms with van der Waals surface area (Å²) in [5, 5.41) is 3.53. The van der Waals surface area contributed by atoms with E-state index >= 15 is 0 Å². The molecule has 0 saturated carbocycles. The van der Waals surface area contributed by atoms with Crippen molar-refractivity contribution in [3.05, 3.63) is 94.0 Å². The van der Waals surface area contributed by atoms with Gasteiger partial charge in [-0.2, -0.15) is 0 Å². The summed E-state index contributed by atoms with van der Waals surface area (Å²) >= 11 is 12.8. The Kier molecular flexibility index (Phi) is 11.0. The molecule has 0 heterocycles. The lowest BCUT2D eigenvalue weighted by Gasteiger charge is -2.32. The van der Waals surface area contributed by atoms with Gasteiger partial charge in [0, 0.05) is 28.7 Å². The number of carbonyl (C=O) groups excluding carboxylic acids is 2. The number of carbonyl (C=O) groups is 2. The molecular weight excluding hydrogens is 569 g/mol. The van der Waals surface area contributed by atoms with Crippen LogP contribution in [0.5, 0.6) is 0 Å². The van der Waals surface area contributed by atoms with Gasteiger partial charge < -0.3 is 10.2 Å². The van der Waals surface area contributed by atoms with E-state index in [-0.39, 0.29) is 23.3 Å². The fourth-order valence-electron chi connectivity index (χ4n) is 4.04. The smallest absolute Gasteiger partial charge is 0.264 e. The van der Waals surface area contributed by atoms with E-state index < -0.39 is 28.5 Å². The molecule has 3 aromatic rings. The maximum atomic E-state index is 14.0. The molecule has 0 aliphatic carbocycles. The second-order valence-electron chi connectivity index (χ2n) is 9.88. The molecule has 1 N–H and O–H groups in total. The summed E-state index contributed by atoms with van der Waals surface area (Å²) in [5.74, 6) is -0.742. The SMILES string of the molecule is CCc1ccc(N(CC(=O)N(Cc2c(Cl)cccc2Cl)C(C)C(=O)NCC(C)C)S(=O)(=O)c2ccccc2)cc1. The average Bonchev–Trinajstić information content (AvgIpc) is 2.94. The molecule has 0 fully saturated rings. The first-order valence-electron chi connectivity index (χ1n) is 13.1. The van der Waals surface area contributed by atoms with Gasteiger partial charge in [-0.3, -0.25) is 13.9 Å². The van der Waals surface area contributed by atoms with Crippen LogP contribution in [-0.4, -0.2) is 44.3 Å². The van der Waals surface area contributed by atoms with E-state index in [1.54, 1.807) is 55.5 Å². The van der Waals surface area contributed by atoms with E-state index in [9.17, 15) is 18.0 Å². The minimum atomic E-state index is -4.13. The summed E-state index contributed by atoms with van der Waals surface area (Å²) in [5.41, 5.74) is 1.83. The third-order valence-electron chi connectivity index (χ3n) is 6.48. The number of hydrogen-bond donors (Lipinski definition) is 1. The Balaban J connectivity index is 2.04. The normalized spacial score (nSPS) is 12.2. The van der Waals surface area contributed by atoms with Crippen molar-refractivity contribution in [2.24, 2.45) is 5.92 Å². The van der Waals surface area contributed by atoms with E-state index in [4.69, 9.17) is 23.2 Å². The third kappa shape index (κ3) is 7.77. The lowest BCUT2D eigenvalue weighted by Crippen LogP contribution is -2.51. The highest BCUT2D eigenvalue weighted by Crippen LogP contribution is 2.28. The first kappa shape index (κ1) is 31.5. The highest BCUT2D eigenvalue weighted by molar-refractivity contribution is 7.92. The van der Waals surface area contributed by atoms with Gasteiger partial charge in [0.25, 0.3) is 10.0 Å². The van der Waals surface area contributed by atoms with Crippen molar-refractivity contribution in [3.8, 4) is 0 Å². The summed E-state index contributed by atoms with van der Waals surface area (Å²) < 4.78 is 28.7. The quantitative estimate of drug-likeness (QED) is 0.277. The van der Waals surface area contributed by atoms with Crippen molar-refractivity contribution in [3.63, 3.8) is 0 Å². The van der Waals surface area contributed by atoms with Crippen molar-refractivity contribution in [1.82, 2.24) is 10.2 Å². The zero-order valence-corrected chi connectivity index (χ0v) is 25.4. The topological polar surface area (TPSA) is 86.8 Å². The van der Waals surface area contributed by atoms with Gasteiger partial charge in [0.1, 0.15) is 12.6 Å². The molecule has 0 spiro atoms. The van der Waals surface area contributed by atoms with Crippen LogP contribution in [-0.2, 0) is 32.6 Å². The number of rotatable bonds is 12. The number of nitrogens with zero attached hydrogens (tertiary/aromatic N) is 2. The maximum Gasteiger partial charge on any atom is 0.264 e. The van der Waals surface area contributed by atoms with E-state index in [2.05, 4.69) is 5.32 Å². The summed E-state index contributed by atoms with van der Waals surface area (Å²) in [6, 6.07) is 19.0. The van der Waals surface area contributed by atoms with Gasteiger partial charge in [-0.25, -0.2) is 8.42 Å². The first-order chi connectivity index (χ1) is 18.9. The van der Waals surface area contributed by atoms with Gasteiger partial charge in [0.15, 0.2) is 0 Å². The molecule has 0 saturated heterocycles. The number of nitrogens with one attached hydrogen (secondary N) is 1. The second-order valence-corrected chi connectivity index (χ2v) is 12.6. The Morgan fingerprint density at radius 2 is 1.48 bits per heavy atom. The molecule has 0 aliphatic heterocycles. The molecule has 3 rings (SSSR count). The maximum absolute atomic E-state index is 14.0. The zero-order chi connectivity index (χ0) is 29.4. The molecule has 0 aromatic heterocycles. The summed E-state index contributed by atoms with van der Waals surface area (Å²) in [4.78, 5) is 28.5. The van der Waals surface area contributed by atoms with E-state index in [0.29, 0.717) is 27.8 Å². The number of halogens is 2. The number of benzene rings is 3. The lowest BCUT2D eigenvalue weighted by molar-refractivity contribution is -0.139. The number of hydrogen-bond acceptors (Lipinski definition) is 4. The Hall–Kier alpha value is -3.07. The average molecular weight is 605 g/mol. The van der Waals surface area contributed by atoms with E-state index in [1.807, 2.05) is 32.9 Å². The fourth-order valence-corrected chi connectivity index (χ4v) is 5.99. The number of amides is 2. The van der Waals surface area contributed by atoms with Crippen LogP contribution in [0.4, 0.5) is 5.69 Å². The van der Waals surface area contributed by atoms with Gasteiger partial charge in [-0.05, 0) is 61.2 Å². The standard InChI is InChI=1S/C30H35Cl2N3O4S/c1-5-23-14-16-24(17-15-23)35(40(38,39)25-10-7-6-8-11-25)20-29(36)34(22(4)30(37)33-18-21(2)3)19-26-27(31)12-9-13-28(26)32/h6-17,21-22H,5,18-20H2,1-4H3,(H,33,37). The van der Waals surface area contributed by atoms with Crippen LogP contribution in [0.3, 0.4) is 0 Å².